The van der Waals surface area contributed by atoms with E-state index in [1.165, 1.54) is 31.2 Å². The van der Waals surface area contributed by atoms with Crippen molar-refractivity contribution in [3.8, 4) is 11.5 Å². The van der Waals surface area contributed by atoms with E-state index in [9.17, 15) is 19.6 Å². The summed E-state index contributed by atoms with van der Waals surface area (Å²) in [6.07, 6.45) is -0.810. The minimum atomic E-state index is -0.810. The zero-order valence-corrected chi connectivity index (χ0v) is 11.7. The molecular weight excluding hydrogens is 301 g/mol. The number of hydrogen-bond acceptors (Lipinski definition) is 4. The van der Waals surface area contributed by atoms with Crippen LogP contribution in [-0.4, -0.2) is 10.0 Å². The molecule has 0 saturated heterocycles. The van der Waals surface area contributed by atoms with Gasteiger partial charge in [0, 0.05) is 6.07 Å². The lowest BCUT2D eigenvalue weighted by molar-refractivity contribution is -0.384. The number of benzene rings is 2. The van der Waals surface area contributed by atoms with Gasteiger partial charge in [0.25, 0.3) is 5.69 Å². The van der Waals surface area contributed by atoms with Crippen LogP contribution in [0.25, 0.3) is 0 Å². The number of nitro groups is 1. The molecule has 1 atom stereocenters. The maximum Gasteiger partial charge on any atom is 0.273 e. The summed E-state index contributed by atoms with van der Waals surface area (Å²) in [5, 5.41) is 20.2. The largest absolute Gasteiger partial charge is 0.452 e. The van der Waals surface area contributed by atoms with E-state index >= 15 is 0 Å². The van der Waals surface area contributed by atoms with E-state index in [0.29, 0.717) is 5.56 Å². The van der Waals surface area contributed by atoms with Gasteiger partial charge in [0.2, 0.25) is 0 Å². The van der Waals surface area contributed by atoms with Crippen molar-refractivity contribution in [2.75, 3.05) is 0 Å². The first-order valence-corrected chi connectivity index (χ1v) is 6.35. The van der Waals surface area contributed by atoms with E-state index in [2.05, 4.69) is 0 Å². The van der Waals surface area contributed by atoms with Crippen LogP contribution in [0.4, 0.5) is 10.1 Å². The van der Waals surface area contributed by atoms with Gasteiger partial charge in [-0.1, -0.05) is 17.7 Å². The molecule has 0 aliphatic carbocycles. The molecule has 7 heteroatoms. The molecule has 2 rings (SSSR count). The molecule has 0 spiro atoms. The van der Waals surface area contributed by atoms with Crippen LogP contribution >= 0.6 is 11.6 Å². The fourth-order valence-electron chi connectivity index (χ4n) is 1.66. The number of ether oxygens (including phenoxy) is 1. The molecule has 0 saturated carbocycles. The van der Waals surface area contributed by atoms with Crippen LogP contribution in [0.3, 0.4) is 0 Å². The van der Waals surface area contributed by atoms with Gasteiger partial charge in [-0.2, -0.15) is 0 Å². The third-order valence-electron chi connectivity index (χ3n) is 2.78. The van der Waals surface area contributed by atoms with Gasteiger partial charge < -0.3 is 9.84 Å². The topological polar surface area (TPSA) is 72.6 Å². The maximum absolute atomic E-state index is 13.9. The van der Waals surface area contributed by atoms with Gasteiger partial charge >= 0.3 is 0 Å². The highest BCUT2D eigenvalue weighted by Crippen LogP contribution is 2.34. The van der Waals surface area contributed by atoms with Crippen molar-refractivity contribution in [3.05, 3.63) is 62.9 Å². The van der Waals surface area contributed by atoms with E-state index in [1.807, 2.05) is 0 Å². The number of aliphatic hydroxyl groups excluding tert-OH is 1. The zero-order valence-electron chi connectivity index (χ0n) is 10.9. The molecule has 0 aliphatic rings. The fraction of sp³-hybridized carbons (Fsp3) is 0.143. The van der Waals surface area contributed by atoms with Gasteiger partial charge in [-0.05, 0) is 30.7 Å². The van der Waals surface area contributed by atoms with E-state index < -0.39 is 16.8 Å². The number of aliphatic hydroxyl groups is 1. The van der Waals surface area contributed by atoms with Gasteiger partial charge in [-0.15, -0.1) is 0 Å². The predicted octanol–water partition coefficient (Wildman–Crippen LogP) is 4.23. The molecule has 0 radical (unpaired) electrons. The van der Waals surface area contributed by atoms with Crippen LogP contribution in [0.2, 0.25) is 5.02 Å². The van der Waals surface area contributed by atoms with Crippen LogP contribution < -0.4 is 4.74 Å². The summed E-state index contributed by atoms with van der Waals surface area (Å²) in [6.45, 7) is 1.51. The van der Waals surface area contributed by atoms with Crippen LogP contribution in [-0.2, 0) is 0 Å². The average molecular weight is 312 g/mol. The lowest BCUT2D eigenvalue weighted by Crippen LogP contribution is -1.95. The second kappa shape index (κ2) is 6.07. The van der Waals surface area contributed by atoms with Gasteiger partial charge in [0.15, 0.2) is 17.3 Å². The Balaban J connectivity index is 2.34. The molecule has 2 aromatic carbocycles. The van der Waals surface area contributed by atoms with Gasteiger partial charge in [0.1, 0.15) is 0 Å². The minimum absolute atomic E-state index is 0.0189. The zero-order chi connectivity index (χ0) is 15.6. The number of nitro benzene ring substituents is 1. The summed E-state index contributed by atoms with van der Waals surface area (Å²) >= 11 is 5.87. The van der Waals surface area contributed by atoms with E-state index in [1.54, 1.807) is 0 Å². The highest BCUT2D eigenvalue weighted by atomic mass is 35.5. The van der Waals surface area contributed by atoms with Gasteiger partial charge in [-0.25, -0.2) is 4.39 Å². The third-order valence-corrected chi connectivity index (χ3v) is 3.10. The Morgan fingerprint density at radius 1 is 1.29 bits per heavy atom. The van der Waals surface area contributed by atoms with Crippen LogP contribution in [0.1, 0.15) is 18.6 Å². The molecule has 0 amide bonds. The summed E-state index contributed by atoms with van der Waals surface area (Å²) in [7, 11) is 0. The maximum atomic E-state index is 13.9. The molecule has 0 fully saturated rings. The highest BCUT2D eigenvalue weighted by molar-refractivity contribution is 6.32. The molecule has 0 aromatic heterocycles. The second-order valence-electron chi connectivity index (χ2n) is 4.34. The van der Waals surface area contributed by atoms with Crippen molar-refractivity contribution >= 4 is 17.3 Å². The average Bonchev–Trinajstić information content (AvgIpc) is 2.42. The molecule has 5 nitrogen and oxygen atoms in total. The Kier molecular flexibility index (Phi) is 4.40. The molecule has 0 heterocycles. The van der Waals surface area contributed by atoms with E-state index in [-0.39, 0.29) is 22.2 Å². The predicted molar refractivity (Wildman–Crippen MR) is 75.2 cm³/mol. The normalized spacial score (nSPS) is 12.0. The summed E-state index contributed by atoms with van der Waals surface area (Å²) in [5.74, 6) is -0.854. The summed E-state index contributed by atoms with van der Waals surface area (Å²) in [4.78, 5) is 10.1. The lowest BCUT2D eigenvalue weighted by Gasteiger charge is -2.10. The monoisotopic (exact) mass is 311 g/mol. The number of halogens is 2. The summed E-state index contributed by atoms with van der Waals surface area (Å²) < 4.78 is 19.1. The number of nitrogens with zero attached hydrogens (tertiary/aromatic N) is 1. The van der Waals surface area contributed by atoms with Crippen LogP contribution in [0.5, 0.6) is 11.5 Å². The molecule has 110 valence electrons. The van der Waals surface area contributed by atoms with Gasteiger partial charge in [-0.3, -0.25) is 10.1 Å². The van der Waals surface area contributed by atoms with Crippen LogP contribution in [0, 0.1) is 15.9 Å². The summed E-state index contributed by atoms with van der Waals surface area (Å²) in [6, 6.07) is 7.59. The molecule has 21 heavy (non-hydrogen) atoms. The number of non-ortho nitro benzene ring substituents is 1. The molecular formula is C14H11ClFNO4. The summed E-state index contributed by atoms with van der Waals surface area (Å²) in [5.41, 5.74) is 0.181. The second-order valence-corrected chi connectivity index (χ2v) is 4.75. The quantitative estimate of drug-likeness (QED) is 0.677. The Morgan fingerprint density at radius 2 is 2.00 bits per heavy atom. The smallest absolute Gasteiger partial charge is 0.273 e. The molecule has 1 N–H and O–H groups in total. The molecule has 2 aromatic rings. The highest BCUT2D eigenvalue weighted by Gasteiger charge is 2.14. The Labute approximate surface area is 124 Å². The Bertz CT molecular complexity index is 691. The SMILES string of the molecule is C[C@@H](O)c1ccc(Oc2cc([N+](=O)[O-])ccc2Cl)c(F)c1. The fourth-order valence-corrected chi connectivity index (χ4v) is 1.82. The van der Waals surface area contributed by atoms with Crippen molar-refractivity contribution in [3.63, 3.8) is 0 Å². The molecule has 0 aliphatic heterocycles. The Hall–Kier alpha value is -2.18. The third kappa shape index (κ3) is 3.48. The molecule has 0 unspecified atom stereocenters. The van der Waals surface area contributed by atoms with Crippen molar-refractivity contribution < 1.29 is 19.2 Å². The number of rotatable bonds is 4. The number of hydrogen-bond donors (Lipinski definition) is 1. The standard InChI is InChI=1S/C14H11ClFNO4/c1-8(18)9-2-5-13(12(16)6-9)21-14-7-10(17(19)20)3-4-11(14)15/h2-8,18H,1H3/t8-/m1/s1. The first-order chi connectivity index (χ1) is 9.88. The van der Waals surface area contributed by atoms with Crippen molar-refractivity contribution in [2.24, 2.45) is 0 Å². The van der Waals surface area contributed by atoms with Crippen molar-refractivity contribution in [1.82, 2.24) is 0 Å². The van der Waals surface area contributed by atoms with Crippen molar-refractivity contribution in [2.45, 2.75) is 13.0 Å². The van der Waals surface area contributed by atoms with E-state index in [4.69, 9.17) is 16.3 Å². The van der Waals surface area contributed by atoms with E-state index in [0.717, 1.165) is 12.1 Å². The molecule has 0 bridgehead atoms. The first-order valence-electron chi connectivity index (χ1n) is 5.98. The van der Waals surface area contributed by atoms with Crippen molar-refractivity contribution in [1.29, 1.82) is 0 Å². The Morgan fingerprint density at radius 3 is 2.57 bits per heavy atom. The van der Waals surface area contributed by atoms with Gasteiger partial charge in [0.05, 0.1) is 22.1 Å². The first kappa shape index (κ1) is 15.2. The minimum Gasteiger partial charge on any atom is -0.452 e. The van der Waals surface area contributed by atoms with Crippen LogP contribution in [0.15, 0.2) is 36.4 Å². The lowest BCUT2D eigenvalue weighted by atomic mass is 10.1.